The number of nitrogens with two attached hydrogens (primary N) is 1. The van der Waals surface area contributed by atoms with Crippen LogP contribution in [-0.4, -0.2) is 32.2 Å². The number of hydrogen-bond donors (Lipinski definition) is 1. The van der Waals surface area contributed by atoms with Gasteiger partial charge < -0.3 is 15.2 Å². The lowest BCUT2D eigenvalue weighted by Gasteiger charge is -2.33. The minimum atomic E-state index is 0.529. The number of likely N-dealkylation sites (tertiary alicyclic amines) is 1. The van der Waals surface area contributed by atoms with Gasteiger partial charge in [-0.1, -0.05) is 24.3 Å². The molecule has 134 valence electrons. The van der Waals surface area contributed by atoms with Gasteiger partial charge in [0.2, 0.25) is 0 Å². The number of ether oxygens (including phenoxy) is 2. The Morgan fingerprint density at radius 1 is 0.960 bits per heavy atom. The molecule has 0 bridgehead atoms. The minimum absolute atomic E-state index is 0.529. The fraction of sp³-hybridized carbons (Fsp3) is 0.429. The molecule has 1 fully saturated rings. The number of piperidine rings is 1. The van der Waals surface area contributed by atoms with Gasteiger partial charge in [0.15, 0.2) is 0 Å². The Kier molecular flexibility index (Phi) is 5.95. The molecule has 0 amide bonds. The van der Waals surface area contributed by atoms with Crippen molar-refractivity contribution in [3.63, 3.8) is 0 Å². The van der Waals surface area contributed by atoms with Crippen molar-refractivity contribution < 1.29 is 9.47 Å². The Morgan fingerprint density at radius 2 is 1.64 bits per heavy atom. The maximum absolute atomic E-state index is 5.67. The van der Waals surface area contributed by atoms with Gasteiger partial charge in [0.05, 0.1) is 14.2 Å². The first-order valence-electron chi connectivity index (χ1n) is 8.95. The first-order valence-corrected chi connectivity index (χ1v) is 8.95. The van der Waals surface area contributed by atoms with Crippen molar-refractivity contribution in [2.45, 2.75) is 31.8 Å². The lowest BCUT2D eigenvalue weighted by atomic mass is 9.88. The molecular weight excluding hydrogens is 312 g/mol. The third-order valence-corrected chi connectivity index (χ3v) is 5.13. The molecule has 25 heavy (non-hydrogen) atoms. The molecule has 0 aromatic heterocycles. The van der Waals surface area contributed by atoms with Crippen molar-refractivity contribution in [2.75, 3.05) is 27.3 Å². The molecule has 0 atom stereocenters. The van der Waals surface area contributed by atoms with Crippen molar-refractivity contribution in [2.24, 2.45) is 5.73 Å². The summed E-state index contributed by atoms with van der Waals surface area (Å²) in [4.78, 5) is 2.53. The molecule has 4 heteroatoms. The second-order valence-corrected chi connectivity index (χ2v) is 6.68. The summed E-state index contributed by atoms with van der Waals surface area (Å²) in [5.41, 5.74) is 9.49. The van der Waals surface area contributed by atoms with Crippen LogP contribution in [0.15, 0.2) is 42.5 Å². The normalized spacial score (nSPS) is 16.0. The van der Waals surface area contributed by atoms with E-state index in [1.54, 1.807) is 14.2 Å². The molecule has 0 unspecified atom stereocenters. The Labute approximate surface area is 150 Å². The second kappa shape index (κ2) is 8.37. The highest BCUT2D eigenvalue weighted by atomic mass is 16.5. The average Bonchev–Trinajstić information content (AvgIpc) is 2.68. The highest BCUT2D eigenvalue weighted by Gasteiger charge is 2.23. The van der Waals surface area contributed by atoms with Gasteiger partial charge in [-0.15, -0.1) is 0 Å². The van der Waals surface area contributed by atoms with Gasteiger partial charge in [-0.05, 0) is 61.2 Å². The molecule has 0 radical (unpaired) electrons. The number of nitrogens with zero attached hydrogens (tertiary/aromatic N) is 1. The Balaban J connectivity index is 1.61. The van der Waals surface area contributed by atoms with Gasteiger partial charge in [0, 0.05) is 18.7 Å². The molecule has 0 aliphatic carbocycles. The molecule has 2 aromatic rings. The smallest absolute Gasteiger partial charge is 0.122 e. The summed E-state index contributed by atoms with van der Waals surface area (Å²) in [6, 6.07) is 14.7. The molecule has 0 saturated carbocycles. The quantitative estimate of drug-likeness (QED) is 0.874. The molecule has 1 aliphatic rings. The lowest BCUT2D eigenvalue weighted by Crippen LogP contribution is -2.32. The molecule has 0 spiro atoms. The number of hydrogen-bond acceptors (Lipinski definition) is 4. The van der Waals surface area contributed by atoms with Crippen LogP contribution in [0.5, 0.6) is 11.5 Å². The molecule has 4 nitrogen and oxygen atoms in total. The van der Waals surface area contributed by atoms with Crippen LogP contribution in [0.25, 0.3) is 0 Å². The second-order valence-electron chi connectivity index (χ2n) is 6.68. The van der Waals surface area contributed by atoms with E-state index in [1.807, 2.05) is 12.1 Å². The summed E-state index contributed by atoms with van der Waals surface area (Å²) in [5, 5.41) is 0. The maximum Gasteiger partial charge on any atom is 0.122 e. The first-order chi connectivity index (χ1) is 12.2. The van der Waals surface area contributed by atoms with Gasteiger partial charge in [-0.2, -0.15) is 0 Å². The first kappa shape index (κ1) is 17.8. The molecule has 1 aliphatic heterocycles. The van der Waals surface area contributed by atoms with Crippen LogP contribution in [0.4, 0.5) is 0 Å². The van der Waals surface area contributed by atoms with Crippen molar-refractivity contribution >= 4 is 0 Å². The van der Waals surface area contributed by atoms with Crippen LogP contribution in [-0.2, 0) is 13.1 Å². The summed E-state index contributed by atoms with van der Waals surface area (Å²) in [6.45, 7) is 3.81. The standard InChI is InChI=1S/C21H28N2O2/c1-24-19-7-8-21(25-2)20(13-19)18-9-11-23(12-10-18)15-17-5-3-16(14-22)4-6-17/h3-8,13,18H,9-12,14-15,22H2,1-2H3. The van der Waals surface area contributed by atoms with Crippen molar-refractivity contribution in [3.05, 3.63) is 59.2 Å². The predicted octanol–water partition coefficient (Wildman–Crippen LogP) is 3.54. The van der Waals surface area contributed by atoms with Crippen LogP contribution in [0.3, 0.4) is 0 Å². The fourth-order valence-electron chi connectivity index (χ4n) is 3.60. The largest absolute Gasteiger partial charge is 0.497 e. The zero-order valence-electron chi connectivity index (χ0n) is 15.2. The van der Waals surface area contributed by atoms with E-state index in [4.69, 9.17) is 15.2 Å². The van der Waals surface area contributed by atoms with Gasteiger partial charge in [0.25, 0.3) is 0 Å². The van der Waals surface area contributed by atoms with Crippen LogP contribution in [0.1, 0.15) is 35.4 Å². The third-order valence-electron chi connectivity index (χ3n) is 5.13. The molecule has 2 N–H and O–H groups in total. The zero-order valence-corrected chi connectivity index (χ0v) is 15.2. The maximum atomic E-state index is 5.67. The van der Waals surface area contributed by atoms with E-state index in [0.29, 0.717) is 12.5 Å². The van der Waals surface area contributed by atoms with E-state index in [9.17, 15) is 0 Å². The Bertz CT molecular complexity index is 677. The summed E-state index contributed by atoms with van der Waals surface area (Å²) < 4.78 is 11.0. The van der Waals surface area contributed by atoms with Gasteiger partial charge in [0.1, 0.15) is 11.5 Å². The number of benzene rings is 2. The van der Waals surface area contributed by atoms with E-state index in [1.165, 1.54) is 16.7 Å². The molecule has 1 heterocycles. The van der Waals surface area contributed by atoms with Gasteiger partial charge in [-0.3, -0.25) is 4.90 Å². The Morgan fingerprint density at radius 3 is 2.24 bits per heavy atom. The zero-order chi connectivity index (χ0) is 17.6. The molecular formula is C21H28N2O2. The van der Waals surface area contributed by atoms with Crippen molar-refractivity contribution in [3.8, 4) is 11.5 Å². The monoisotopic (exact) mass is 340 g/mol. The summed E-state index contributed by atoms with van der Waals surface area (Å²) in [5.74, 6) is 2.40. The van der Waals surface area contributed by atoms with E-state index < -0.39 is 0 Å². The summed E-state index contributed by atoms with van der Waals surface area (Å²) >= 11 is 0. The number of rotatable bonds is 6. The molecule has 2 aromatic carbocycles. The van der Waals surface area contributed by atoms with Crippen LogP contribution < -0.4 is 15.2 Å². The van der Waals surface area contributed by atoms with Crippen LogP contribution in [0.2, 0.25) is 0 Å². The SMILES string of the molecule is COc1ccc(OC)c(C2CCN(Cc3ccc(CN)cc3)CC2)c1. The van der Waals surface area contributed by atoms with E-state index in [-0.39, 0.29) is 0 Å². The van der Waals surface area contributed by atoms with Gasteiger partial charge >= 0.3 is 0 Å². The molecule has 3 rings (SSSR count). The predicted molar refractivity (Wildman–Crippen MR) is 101 cm³/mol. The van der Waals surface area contributed by atoms with Crippen LogP contribution >= 0.6 is 0 Å². The fourth-order valence-corrected chi connectivity index (χ4v) is 3.60. The van der Waals surface area contributed by atoms with Crippen LogP contribution in [0, 0.1) is 0 Å². The highest BCUT2D eigenvalue weighted by Crippen LogP contribution is 2.36. The minimum Gasteiger partial charge on any atom is -0.497 e. The topological polar surface area (TPSA) is 47.7 Å². The van der Waals surface area contributed by atoms with E-state index in [2.05, 4.69) is 35.2 Å². The third kappa shape index (κ3) is 4.33. The highest BCUT2D eigenvalue weighted by molar-refractivity contribution is 5.42. The van der Waals surface area contributed by atoms with E-state index >= 15 is 0 Å². The van der Waals surface area contributed by atoms with E-state index in [0.717, 1.165) is 44.0 Å². The van der Waals surface area contributed by atoms with Crippen molar-refractivity contribution in [1.29, 1.82) is 0 Å². The Hall–Kier alpha value is -2.04. The average molecular weight is 340 g/mol. The molecule has 1 saturated heterocycles. The summed E-state index contributed by atoms with van der Waals surface area (Å²) in [6.07, 6.45) is 2.29. The lowest BCUT2D eigenvalue weighted by molar-refractivity contribution is 0.203. The van der Waals surface area contributed by atoms with Crippen molar-refractivity contribution in [1.82, 2.24) is 4.90 Å². The van der Waals surface area contributed by atoms with Gasteiger partial charge in [-0.25, -0.2) is 0 Å². The number of methoxy groups -OCH3 is 2. The summed E-state index contributed by atoms with van der Waals surface area (Å²) in [7, 11) is 3.45.